The van der Waals surface area contributed by atoms with Gasteiger partial charge >= 0.3 is 0 Å². The van der Waals surface area contributed by atoms with Gasteiger partial charge in [0.25, 0.3) is 5.91 Å². The molecule has 1 aromatic heterocycles. The van der Waals surface area contributed by atoms with E-state index in [9.17, 15) is 4.79 Å². The zero-order valence-corrected chi connectivity index (χ0v) is 11.5. The summed E-state index contributed by atoms with van der Waals surface area (Å²) in [6, 6.07) is 0. The molecule has 0 spiro atoms. The highest BCUT2D eigenvalue weighted by molar-refractivity contribution is 5.97. The van der Waals surface area contributed by atoms with Gasteiger partial charge in [0.2, 0.25) is 0 Å². The van der Waals surface area contributed by atoms with E-state index in [4.69, 9.17) is 5.73 Å². The number of rotatable bonds is 6. The molecule has 0 unspecified atom stereocenters. The van der Waals surface area contributed by atoms with Crippen molar-refractivity contribution in [3.8, 4) is 0 Å². The van der Waals surface area contributed by atoms with Crippen LogP contribution in [0.25, 0.3) is 0 Å². The van der Waals surface area contributed by atoms with Gasteiger partial charge in [0.1, 0.15) is 0 Å². The number of aromatic nitrogens is 2. The number of amides is 1. The summed E-state index contributed by atoms with van der Waals surface area (Å²) in [6.45, 7) is 2.94. The third-order valence-electron chi connectivity index (χ3n) is 4.40. The molecule has 0 aromatic carbocycles. The topological polar surface area (TPSA) is 83.8 Å². The molecule has 0 atom stereocenters. The van der Waals surface area contributed by atoms with Gasteiger partial charge in [0.05, 0.1) is 11.4 Å². The highest BCUT2D eigenvalue weighted by Gasteiger charge is 2.41. The largest absolute Gasteiger partial charge is 0.395 e. The molecule has 0 aliphatic heterocycles. The zero-order valence-electron chi connectivity index (χ0n) is 11.5. The number of hydrogen-bond donors (Lipinski definition) is 3. The van der Waals surface area contributed by atoms with Gasteiger partial charge < -0.3 is 11.1 Å². The molecule has 104 valence electrons. The van der Waals surface area contributed by atoms with Gasteiger partial charge in [-0.1, -0.05) is 13.3 Å². The summed E-state index contributed by atoms with van der Waals surface area (Å²) in [5.74, 6) is 0.354. The predicted octanol–water partition coefficient (Wildman–Crippen LogP) is 2.18. The molecule has 0 radical (unpaired) electrons. The van der Waals surface area contributed by atoms with Crippen molar-refractivity contribution in [2.24, 2.45) is 5.41 Å². The summed E-state index contributed by atoms with van der Waals surface area (Å²) in [4.78, 5) is 12.1. The summed E-state index contributed by atoms with van der Waals surface area (Å²) >= 11 is 0. The quantitative estimate of drug-likeness (QED) is 0.734. The van der Waals surface area contributed by atoms with Crippen LogP contribution in [-0.2, 0) is 0 Å². The fourth-order valence-electron chi connectivity index (χ4n) is 2.79. The zero-order chi connectivity index (χ0) is 13.5. The molecule has 4 N–H and O–H groups in total. The molecule has 3 rings (SSSR count). The number of H-pyrrole nitrogens is 1. The van der Waals surface area contributed by atoms with Crippen LogP contribution in [0, 0.1) is 5.41 Å². The number of nitrogens with two attached hydrogens (primary N) is 1. The lowest BCUT2D eigenvalue weighted by atomic mass is 10.0. The van der Waals surface area contributed by atoms with Crippen molar-refractivity contribution in [1.29, 1.82) is 0 Å². The van der Waals surface area contributed by atoms with E-state index in [1.54, 1.807) is 0 Å². The van der Waals surface area contributed by atoms with E-state index in [0.29, 0.717) is 22.7 Å². The number of nitrogens with zero attached hydrogens (tertiary/aromatic N) is 1. The Morgan fingerprint density at radius 1 is 1.53 bits per heavy atom. The summed E-state index contributed by atoms with van der Waals surface area (Å²) in [6.07, 6.45) is 7.11. The Morgan fingerprint density at radius 2 is 2.26 bits per heavy atom. The maximum absolute atomic E-state index is 12.1. The Kier molecular flexibility index (Phi) is 2.99. The average molecular weight is 262 g/mol. The highest BCUT2D eigenvalue weighted by Crippen LogP contribution is 2.49. The average Bonchev–Trinajstić information content (AvgIpc) is 3.30. The minimum absolute atomic E-state index is 0.136. The molecule has 2 aliphatic carbocycles. The Balaban J connectivity index is 1.61. The molecular formula is C14H22N4O. The van der Waals surface area contributed by atoms with Crippen LogP contribution in [0.1, 0.15) is 67.5 Å². The number of carbonyl (C=O) groups is 1. The maximum Gasteiger partial charge on any atom is 0.273 e. The van der Waals surface area contributed by atoms with Crippen molar-refractivity contribution in [2.45, 2.75) is 51.4 Å². The van der Waals surface area contributed by atoms with Gasteiger partial charge in [0.15, 0.2) is 5.69 Å². The van der Waals surface area contributed by atoms with Crippen LogP contribution in [0.5, 0.6) is 0 Å². The van der Waals surface area contributed by atoms with Crippen molar-refractivity contribution in [1.82, 2.24) is 15.5 Å². The van der Waals surface area contributed by atoms with Gasteiger partial charge in [-0.05, 0) is 37.5 Å². The fourth-order valence-corrected chi connectivity index (χ4v) is 2.79. The third-order valence-corrected chi connectivity index (χ3v) is 4.40. The first-order valence-corrected chi connectivity index (χ1v) is 7.27. The summed E-state index contributed by atoms with van der Waals surface area (Å²) in [5.41, 5.74) is 8.22. The van der Waals surface area contributed by atoms with E-state index in [0.717, 1.165) is 25.1 Å². The molecular weight excluding hydrogens is 240 g/mol. The molecule has 1 amide bonds. The van der Waals surface area contributed by atoms with Crippen LogP contribution in [0.3, 0.4) is 0 Å². The molecule has 1 aromatic rings. The van der Waals surface area contributed by atoms with Gasteiger partial charge in [-0.25, -0.2) is 0 Å². The van der Waals surface area contributed by atoms with Crippen molar-refractivity contribution in [3.05, 3.63) is 11.4 Å². The first-order chi connectivity index (χ1) is 9.15. The van der Waals surface area contributed by atoms with Crippen LogP contribution < -0.4 is 11.1 Å². The number of hydrogen-bond acceptors (Lipinski definition) is 3. The van der Waals surface area contributed by atoms with Crippen LogP contribution in [-0.4, -0.2) is 22.6 Å². The molecule has 2 aliphatic rings. The molecule has 19 heavy (non-hydrogen) atoms. The molecule has 5 nitrogen and oxygen atoms in total. The Hall–Kier alpha value is -1.52. The number of anilines is 1. The van der Waals surface area contributed by atoms with Crippen molar-refractivity contribution in [2.75, 3.05) is 12.3 Å². The minimum atomic E-state index is -0.136. The number of aromatic amines is 1. The lowest BCUT2D eigenvalue weighted by molar-refractivity contribution is 0.0939. The molecule has 2 fully saturated rings. The molecule has 0 saturated heterocycles. The smallest absolute Gasteiger partial charge is 0.273 e. The number of nitrogens with one attached hydrogen (secondary N) is 2. The fraction of sp³-hybridized carbons (Fsp3) is 0.714. The summed E-state index contributed by atoms with van der Waals surface area (Å²) in [7, 11) is 0. The molecule has 5 heteroatoms. The SMILES string of the molecule is CCCC1(CNC(=O)c2n[nH]c(C3CC3)c2N)CC1. The second-order valence-corrected chi connectivity index (χ2v) is 6.11. The number of nitrogen functional groups attached to an aromatic ring is 1. The van der Waals surface area contributed by atoms with Gasteiger partial charge in [-0.3, -0.25) is 9.89 Å². The highest BCUT2D eigenvalue weighted by atomic mass is 16.1. The van der Waals surface area contributed by atoms with Crippen LogP contribution in [0.2, 0.25) is 0 Å². The lowest BCUT2D eigenvalue weighted by Gasteiger charge is -2.14. The molecule has 2 saturated carbocycles. The van der Waals surface area contributed by atoms with Crippen molar-refractivity contribution >= 4 is 11.6 Å². The van der Waals surface area contributed by atoms with Gasteiger partial charge in [-0.15, -0.1) is 0 Å². The van der Waals surface area contributed by atoms with Gasteiger partial charge in [0, 0.05) is 12.5 Å². The van der Waals surface area contributed by atoms with E-state index < -0.39 is 0 Å². The Bertz CT molecular complexity index is 486. The Labute approximate surface area is 113 Å². The van der Waals surface area contributed by atoms with E-state index >= 15 is 0 Å². The minimum Gasteiger partial charge on any atom is -0.395 e. The van der Waals surface area contributed by atoms with E-state index in [2.05, 4.69) is 22.4 Å². The van der Waals surface area contributed by atoms with E-state index in [1.165, 1.54) is 25.7 Å². The standard InChI is InChI=1S/C14H22N4O/c1-2-5-14(6-7-14)8-16-13(19)12-10(15)11(17-18-12)9-3-4-9/h9H,2-8,15H2,1H3,(H,16,19)(H,17,18). The normalized spacial score (nSPS) is 20.3. The van der Waals surface area contributed by atoms with Gasteiger partial charge in [-0.2, -0.15) is 5.10 Å². The third kappa shape index (κ3) is 2.46. The maximum atomic E-state index is 12.1. The van der Waals surface area contributed by atoms with Crippen LogP contribution in [0.15, 0.2) is 0 Å². The monoisotopic (exact) mass is 262 g/mol. The molecule has 0 bridgehead atoms. The lowest BCUT2D eigenvalue weighted by Crippen LogP contribution is -2.31. The van der Waals surface area contributed by atoms with Crippen LogP contribution >= 0.6 is 0 Å². The summed E-state index contributed by atoms with van der Waals surface area (Å²) < 4.78 is 0. The van der Waals surface area contributed by atoms with Crippen molar-refractivity contribution in [3.63, 3.8) is 0 Å². The van der Waals surface area contributed by atoms with Crippen LogP contribution in [0.4, 0.5) is 5.69 Å². The second kappa shape index (κ2) is 4.54. The Morgan fingerprint density at radius 3 is 2.84 bits per heavy atom. The van der Waals surface area contributed by atoms with Crippen molar-refractivity contribution < 1.29 is 4.79 Å². The first-order valence-electron chi connectivity index (χ1n) is 7.27. The van der Waals surface area contributed by atoms with E-state index in [1.807, 2.05) is 0 Å². The predicted molar refractivity (Wildman–Crippen MR) is 73.9 cm³/mol. The first kappa shape index (κ1) is 12.5. The molecule has 1 heterocycles. The summed E-state index contributed by atoms with van der Waals surface area (Å²) in [5, 5.41) is 10.00. The number of carbonyl (C=O) groups excluding carboxylic acids is 1. The van der Waals surface area contributed by atoms with E-state index in [-0.39, 0.29) is 5.91 Å². The second-order valence-electron chi connectivity index (χ2n) is 6.11.